The Morgan fingerprint density at radius 1 is 1.62 bits per heavy atom. The van der Waals surface area contributed by atoms with Gasteiger partial charge in [-0.2, -0.15) is 0 Å². The monoisotopic (exact) mass is 247 g/mol. The zero-order valence-electron chi connectivity index (χ0n) is 6.80. The lowest BCUT2D eigenvalue weighted by Crippen LogP contribution is -2.12. The van der Waals surface area contributed by atoms with Crippen molar-refractivity contribution in [1.82, 2.24) is 0 Å². The molecule has 2 N–H and O–H groups in total. The molecule has 0 bridgehead atoms. The van der Waals surface area contributed by atoms with Crippen LogP contribution in [-0.4, -0.2) is 13.0 Å². The first-order valence-corrected chi connectivity index (χ1v) is 4.18. The van der Waals surface area contributed by atoms with Gasteiger partial charge in [0.05, 0.1) is 12.7 Å². The fourth-order valence-corrected chi connectivity index (χ4v) is 1.39. The van der Waals surface area contributed by atoms with E-state index in [1.807, 2.05) is 0 Å². The summed E-state index contributed by atoms with van der Waals surface area (Å²) in [6.07, 6.45) is 0. The molecule has 1 amide bonds. The second-order valence-corrected chi connectivity index (χ2v) is 3.19. The molecule has 0 aromatic heterocycles. The summed E-state index contributed by atoms with van der Waals surface area (Å²) in [5.41, 5.74) is 5.23. The number of rotatable bonds is 2. The van der Waals surface area contributed by atoms with Crippen LogP contribution in [0.5, 0.6) is 5.75 Å². The molecule has 0 aliphatic heterocycles. The van der Waals surface area contributed by atoms with Crippen molar-refractivity contribution in [3.8, 4) is 5.75 Å². The summed E-state index contributed by atoms with van der Waals surface area (Å²) in [5, 5.41) is 0. The second kappa shape index (κ2) is 3.74. The highest BCUT2D eigenvalue weighted by Gasteiger charge is 2.11. The number of primary amides is 1. The van der Waals surface area contributed by atoms with Gasteiger partial charge in [-0.25, -0.2) is 4.39 Å². The SMILES string of the molecule is COc1cc(C(N)=O)c(Br)cc1F. The minimum absolute atomic E-state index is 0.00278. The molecular weight excluding hydrogens is 241 g/mol. The molecule has 3 nitrogen and oxygen atoms in total. The van der Waals surface area contributed by atoms with Gasteiger partial charge in [0.25, 0.3) is 0 Å². The first-order chi connectivity index (χ1) is 6.06. The van der Waals surface area contributed by atoms with E-state index in [1.54, 1.807) is 0 Å². The quantitative estimate of drug-likeness (QED) is 0.865. The largest absolute Gasteiger partial charge is 0.494 e. The van der Waals surface area contributed by atoms with E-state index in [9.17, 15) is 9.18 Å². The molecule has 0 spiro atoms. The molecule has 13 heavy (non-hydrogen) atoms. The first kappa shape index (κ1) is 9.98. The van der Waals surface area contributed by atoms with Crippen LogP contribution in [-0.2, 0) is 0 Å². The number of ether oxygens (including phenoxy) is 1. The number of carbonyl (C=O) groups excluding carboxylic acids is 1. The Kier molecular flexibility index (Phi) is 2.87. The standard InChI is InChI=1S/C8H7BrFNO2/c1-13-7-2-4(8(11)12)5(9)3-6(7)10/h2-3H,1H3,(H2,11,12). The zero-order chi connectivity index (χ0) is 10.0. The van der Waals surface area contributed by atoms with Gasteiger partial charge in [-0.1, -0.05) is 0 Å². The Morgan fingerprint density at radius 3 is 2.69 bits per heavy atom. The number of methoxy groups -OCH3 is 1. The lowest BCUT2D eigenvalue weighted by molar-refractivity contribution is 0.0999. The van der Waals surface area contributed by atoms with E-state index in [4.69, 9.17) is 5.73 Å². The number of halogens is 2. The van der Waals surface area contributed by atoms with Gasteiger partial charge in [0.15, 0.2) is 11.6 Å². The van der Waals surface area contributed by atoms with Crippen LogP contribution < -0.4 is 10.5 Å². The van der Waals surface area contributed by atoms with Gasteiger partial charge < -0.3 is 10.5 Å². The topological polar surface area (TPSA) is 52.3 Å². The van der Waals surface area contributed by atoms with Crippen molar-refractivity contribution in [1.29, 1.82) is 0 Å². The Bertz CT molecular complexity index is 354. The predicted octanol–water partition coefficient (Wildman–Crippen LogP) is 1.70. The fraction of sp³-hybridized carbons (Fsp3) is 0.125. The van der Waals surface area contributed by atoms with E-state index in [0.717, 1.165) is 6.07 Å². The average molecular weight is 248 g/mol. The summed E-state index contributed by atoms with van der Waals surface area (Å²) >= 11 is 3.01. The first-order valence-electron chi connectivity index (χ1n) is 3.39. The van der Waals surface area contributed by atoms with E-state index in [2.05, 4.69) is 20.7 Å². The highest BCUT2D eigenvalue weighted by atomic mass is 79.9. The molecule has 5 heteroatoms. The smallest absolute Gasteiger partial charge is 0.249 e. The minimum Gasteiger partial charge on any atom is -0.494 e. The van der Waals surface area contributed by atoms with E-state index < -0.39 is 11.7 Å². The molecule has 1 aromatic rings. The van der Waals surface area contributed by atoms with E-state index >= 15 is 0 Å². The summed E-state index contributed by atoms with van der Waals surface area (Å²) in [6.45, 7) is 0. The second-order valence-electron chi connectivity index (χ2n) is 2.33. The number of carbonyl (C=O) groups is 1. The van der Waals surface area contributed by atoms with Crippen molar-refractivity contribution in [2.24, 2.45) is 5.73 Å². The van der Waals surface area contributed by atoms with Crippen LogP contribution >= 0.6 is 15.9 Å². The minimum atomic E-state index is -0.634. The summed E-state index contributed by atoms with van der Waals surface area (Å²) < 4.78 is 18.0. The zero-order valence-corrected chi connectivity index (χ0v) is 8.39. The fourth-order valence-electron chi connectivity index (χ4n) is 0.874. The number of nitrogens with two attached hydrogens (primary N) is 1. The molecule has 0 heterocycles. The van der Waals surface area contributed by atoms with Crippen molar-refractivity contribution in [3.63, 3.8) is 0 Å². The maximum absolute atomic E-state index is 13.0. The Balaban J connectivity index is 3.30. The maximum atomic E-state index is 13.0. The lowest BCUT2D eigenvalue weighted by atomic mass is 10.2. The van der Waals surface area contributed by atoms with Gasteiger partial charge in [0, 0.05) is 4.47 Å². The highest BCUT2D eigenvalue weighted by Crippen LogP contribution is 2.25. The Morgan fingerprint density at radius 2 is 2.23 bits per heavy atom. The molecule has 0 aliphatic rings. The van der Waals surface area contributed by atoms with Gasteiger partial charge in [-0.05, 0) is 28.1 Å². The van der Waals surface area contributed by atoms with E-state index in [-0.39, 0.29) is 11.3 Å². The van der Waals surface area contributed by atoms with Crippen LogP contribution in [0.1, 0.15) is 10.4 Å². The molecule has 0 radical (unpaired) electrons. The molecule has 0 aliphatic carbocycles. The molecule has 0 atom stereocenters. The molecule has 70 valence electrons. The van der Waals surface area contributed by atoms with Crippen molar-refractivity contribution < 1.29 is 13.9 Å². The van der Waals surface area contributed by atoms with Crippen molar-refractivity contribution >= 4 is 21.8 Å². The van der Waals surface area contributed by atoms with Gasteiger partial charge in [0.2, 0.25) is 5.91 Å². The maximum Gasteiger partial charge on any atom is 0.249 e. The molecule has 0 saturated heterocycles. The number of hydrogen-bond acceptors (Lipinski definition) is 2. The summed E-state index contributed by atoms with van der Waals surface area (Å²) in [5.74, 6) is -1.18. The molecule has 0 saturated carbocycles. The van der Waals surface area contributed by atoms with Crippen LogP contribution in [0.4, 0.5) is 4.39 Å². The third-order valence-corrected chi connectivity index (χ3v) is 2.16. The molecular formula is C8H7BrFNO2. The molecule has 1 aromatic carbocycles. The van der Waals surface area contributed by atoms with Gasteiger partial charge in [-0.3, -0.25) is 4.79 Å². The third-order valence-electron chi connectivity index (χ3n) is 1.51. The van der Waals surface area contributed by atoms with E-state index in [0.29, 0.717) is 4.47 Å². The Labute approximate surface area is 82.8 Å². The van der Waals surface area contributed by atoms with Crippen LogP contribution in [0.2, 0.25) is 0 Å². The molecule has 1 rings (SSSR count). The van der Waals surface area contributed by atoms with Crippen molar-refractivity contribution in [3.05, 3.63) is 28.0 Å². The van der Waals surface area contributed by atoms with Crippen LogP contribution in [0.15, 0.2) is 16.6 Å². The lowest BCUT2D eigenvalue weighted by Gasteiger charge is -2.05. The number of hydrogen-bond donors (Lipinski definition) is 1. The summed E-state index contributed by atoms with van der Waals surface area (Å²) in [6, 6.07) is 2.39. The highest BCUT2D eigenvalue weighted by molar-refractivity contribution is 9.10. The van der Waals surface area contributed by atoms with Gasteiger partial charge in [0.1, 0.15) is 0 Å². The molecule has 0 unspecified atom stereocenters. The number of amides is 1. The van der Waals surface area contributed by atoms with Gasteiger partial charge >= 0.3 is 0 Å². The van der Waals surface area contributed by atoms with Crippen LogP contribution in [0.25, 0.3) is 0 Å². The van der Waals surface area contributed by atoms with Crippen molar-refractivity contribution in [2.45, 2.75) is 0 Å². The molecule has 0 fully saturated rings. The van der Waals surface area contributed by atoms with E-state index in [1.165, 1.54) is 13.2 Å². The number of benzene rings is 1. The van der Waals surface area contributed by atoms with Crippen molar-refractivity contribution in [2.75, 3.05) is 7.11 Å². The summed E-state index contributed by atoms with van der Waals surface area (Å²) in [7, 11) is 1.32. The summed E-state index contributed by atoms with van der Waals surface area (Å²) in [4.78, 5) is 10.8. The average Bonchev–Trinajstić information content (AvgIpc) is 2.03. The van der Waals surface area contributed by atoms with Crippen LogP contribution in [0, 0.1) is 5.82 Å². The predicted molar refractivity (Wildman–Crippen MR) is 49.2 cm³/mol. The third kappa shape index (κ3) is 1.98. The Hall–Kier alpha value is -1.10. The van der Waals surface area contributed by atoms with Crippen LogP contribution in [0.3, 0.4) is 0 Å². The normalized spacial score (nSPS) is 9.77. The van der Waals surface area contributed by atoms with Gasteiger partial charge in [-0.15, -0.1) is 0 Å².